The summed E-state index contributed by atoms with van der Waals surface area (Å²) in [7, 11) is -1.38. The lowest BCUT2D eigenvalue weighted by molar-refractivity contribution is -0.139. The van der Waals surface area contributed by atoms with Crippen LogP contribution in [0.2, 0.25) is 0 Å². The topological polar surface area (TPSA) is 105 Å². The Morgan fingerprint density at radius 1 is 0.911 bits per heavy atom. The lowest BCUT2D eigenvalue weighted by Gasteiger charge is -2.33. The van der Waals surface area contributed by atoms with E-state index in [4.69, 9.17) is 9.47 Å². The molecule has 1 aliphatic carbocycles. The molecule has 1 aliphatic rings. The maximum atomic E-state index is 14.3. The number of nitrogens with one attached hydrogen (secondary N) is 1. The van der Waals surface area contributed by atoms with Crippen molar-refractivity contribution in [3.05, 3.63) is 81.8 Å². The number of hydrogen-bond donors (Lipinski definition) is 1. The fourth-order valence-corrected chi connectivity index (χ4v) is 7.34. The molecule has 0 aromatic heterocycles. The van der Waals surface area contributed by atoms with E-state index in [1.165, 1.54) is 37.3 Å². The lowest BCUT2D eigenvalue weighted by atomic mass is 9.95. The van der Waals surface area contributed by atoms with E-state index in [9.17, 15) is 18.0 Å². The van der Waals surface area contributed by atoms with Gasteiger partial charge in [-0.1, -0.05) is 53.4 Å². The van der Waals surface area contributed by atoms with Crippen LogP contribution in [0.3, 0.4) is 0 Å². The van der Waals surface area contributed by atoms with Gasteiger partial charge in [0.05, 0.1) is 24.8 Å². The van der Waals surface area contributed by atoms with E-state index in [1.54, 1.807) is 19.1 Å². The highest BCUT2D eigenvalue weighted by atomic mass is 79.9. The van der Waals surface area contributed by atoms with Gasteiger partial charge in [0.1, 0.15) is 12.6 Å². The van der Waals surface area contributed by atoms with Crippen molar-refractivity contribution in [2.45, 2.75) is 76.4 Å². The Labute approximate surface area is 275 Å². The smallest absolute Gasteiger partial charge is 0.264 e. The fraction of sp³-hybridized carbons (Fsp3) is 0.412. The maximum Gasteiger partial charge on any atom is 0.264 e. The first-order valence-corrected chi connectivity index (χ1v) is 17.3. The molecule has 3 aromatic rings. The van der Waals surface area contributed by atoms with E-state index >= 15 is 0 Å². The Kier molecular flexibility index (Phi) is 11.5. The summed E-state index contributed by atoms with van der Waals surface area (Å²) in [6.07, 6.45) is 5.07. The minimum Gasteiger partial charge on any atom is -0.493 e. The lowest BCUT2D eigenvalue weighted by Crippen LogP contribution is -2.53. The van der Waals surface area contributed by atoms with Gasteiger partial charge in [0.2, 0.25) is 11.8 Å². The zero-order valence-corrected chi connectivity index (χ0v) is 28.9. The standard InChI is InChI=1S/C34H42BrN3O6S/c1-23-17-24(2)19-29(18-23)38(45(41,42)30-15-16-31(43-4)32(20-30)44-5)22-33(39)37(21-26-11-13-27(35)14-12-26)25(3)34(40)36-28-9-7-6-8-10-28/h11-20,25,28H,6-10,21-22H2,1-5H3,(H,36,40). The van der Waals surface area contributed by atoms with E-state index in [0.717, 1.165) is 57.6 Å². The van der Waals surface area contributed by atoms with Gasteiger partial charge in [0.25, 0.3) is 10.0 Å². The van der Waals surface area contributed by atoms with Crippen LogP contribution >= 0.6 is 15.9 Å². The second-order valence-electron chi connectivity index (χ2n) is 11.5. The molecule has 0 radical (unpaired) electrons. The largest absolute Gasteiger partial charge is 0.493 e. The van der Waals surface area contributed by atoms with Crippen molar-refractivity contribution in [2.75, 3.05) is 25.1 Å². The number of nitrogens with zero attached hydrogens (tertiary/aromatic N) is 2. The predicted octanol–water partition coefficient (Wildman–Crippen LogP) is 6.14. The minimum absolute atomic E-state index is 0.0605. The number of amides is 2. The van der Waals surface area contributed by atoms with Crippen molar-refractivity contribution in [1.29, 1.82) is 0 Å². The summed E-state index contributed by atoms with van der Waals surface area (Å²) in [5, 5.41) is 3.13. The normalized spacial score (nSPS) is 14.4. The number of hydrogen-bond acceptors (Lipinski definition) is 6. The molecule has 0 bridgehead atoms. The molecule has 1 atom stereocenters. The van der Waals surface area contributed by atoms with Gasteiger partial charge in [0.15, 0.2) is 11.5 Å². The third kappa shape index (κ3) is 8.58. The van der Waals surface area contributed by atoms with Gasteiger partial charge >= 0.3 is 0 Å². The maximum absolute atomic E-state index is 14.3. The molecule has 1 saturated carbocycles. The second-order valence-corrected chi connectivity index (χ2v) is 14.3. The summed E-state index contributed by atoms with van der Waals surface area (Å²) in [6, 6.07) is 16.4. The predicted molar refractivity (Wildman–Crippen MR) is 179 cm³/mol. The Hall–Kier alpha value is -3.57. The summed E-state index contributed by atoms with van der Waals surface area (Å²) in [6.45, 7) is 5.05. The van der Waals surface area contributed by atoms with Crippen LogP contribution in [0, 0.1) is 13.8 Å². The Morgan fingerprint density at radius 2 is 1.53 bits per heavy atom. The molecule has 0 spiro atoms. The molecule has 0 aliphatic heterocycles. The minimum atomic E-state index is -4.28. The molecule has 0 heterocycles. The molecular weight excluding hydrogens is 658 g/mol. The van der Waals surface area contributed by atoms with Crippen molar-refractivity contribution < 1.29 is 27.5 Å². The van der Waals surface area contributed by atoms with E-state index in [-0.39, 0.29) is 29.1 Å². The van der Waals surface area contributed by atoms with E-state index in [2.05, 4.69) is 21.2 Å². The van der Waals surface area contributed by atoms with E-state index in [0.29, 0.717) is 11.4 Å². The molecule has 45 heavy (non-hydrogen) atoms. The van der Waals surface area contributed by atoms with Gasteiger partial charge < -0.3 is 19.7 Å². The third-order valence-electron chi connectivity index (χ3n) is 8.10. The third-order valence-corrected chi connectivity index (χ3v) is 10.4. The number of methoxy groups -OCH3 is 2. The number of anilines is 1. The van der Waals surface area contributed by atoms with E-state index < -0.39 is 28.5 Å². The molecule has 1 N–H and O–H groups in total. The van der Waals surface area contributed by atoms with Crippen LogP contribution in [0.4, 0.5) is 5.69 Å². The van der Waals surface area contributed by atoms with Gasteiger partial charge in [-0.05, 0) is 86.7 Å². The van der Waals surface area contributed by atoms with E-state index in [1.807, 2.05) is 44.2 Å². The molecule has 4 rings (SSSR count). The summed E-state index contributed by atoms with van der Waals surface area (Å²) < 4.78 is 41.3. The van der Waals surface area contributed by atoms with Crippen LogP contribution in [0.15, 0.2) is 70.0 Å². The van der Waals surface area contributed by atoms with Crippen molar-refractivity contribution in [1.82, 2.24) is 10.2 Å². The Balaban J connectivity index is 1.73. The van der Waals surface area contributed by atoms with Crippen LogP contribution in [-0.2, 0) is 26.2 Å². The zero-order valence-electron chi connectivity index (χ0n) is 26.5. The van der Waals surface area contributed by atoms with Crippen LogP contribution < -0.4 is 19.1 Å². The molecule has 3 aromatic carbocycles. The molecule has 9 nitrogen and oxygen atoms in total. The Bertz CT molecular complexity index is 1590. The zero-order chi connectivity index (χ0) is 32.7. The first-order valence-electron chi connectivity index (χ1n) is 15.1. The average molecular weight is 701 g/mol. The molecule has 2 amide bonds. The van der Waals surface area contributed by atoms with Gasteiger partial charge in [-0.2, -0.15) is 0 Å². The highest BCUT2D eigenvalue weighted by Gasteiger charge is 2.34. The number of rotatable bonds is 12. The summed E-state index contributed by atoms with van der Waals surface area (Å²) in [4.78, 5) is 29.2. The molecular formula is C34H42BrN3O6S. The number of halogens is 1. The van der Waals surface area contributed by atoms with Crippen molar-refractivity contribution in [2.24, 2.45) is 0 Å². The Morgan fingerprint density at radius 3 is 2.13 bits per heavy atom. The quantitative estimate of drug-likeness (QED) is 0.243. The van der Waals surface area contributed by atoms with Gasteiger partial charge in [-0.25, -0.2) is 8.42 Å². The highest BCUT2D eigenvalue weighted by Crippen LogP contribution is 2.33. The number of sulfonamides is 1. The number of carbonyl (C=O) groups is 2. The van der Waals surface area contributed by atoms with Crippen molar-refractivity contribution in [3.8, 4) is 11.5 Å². The molecule has 11 heteroatoms. The van der Waals surface area contributed by atoms with Crippen LogP contribution in [0.25, 0.3) is 0 Å². The summed E-state index contributed by atoms with van der Waals surface area (Å²) in [5.41, 5.74) is 2.84. The van der Waals surface area contributed by atoms with Gasteiger partial charge in [-0.3, -0.25) is 13.9 Å². The molecule has 1 fully saturated rings. The average Bonchev–Trinajstić information content (AvgIpc) is 3.02. The second kappa shape index (κ2) is 15.1. The molecule has 1 unspecified atom stereocenters. The number of carbonyl (C=O) groups excluding carboxylic acids is 2. The SMILES string of the molecule is COc1ccc(S(=O)(=O)N(CC(=O)N(Cc2ccc(Br)cc2)C(C)C(=O)NC2CCCCC2)c2cc(C)cc(C)c2)cc1OC. The number of benzene rings is 3. The summed E-state index contributed by atoms with van der Waals surface area (Å²) in [5.74, 6) is -0.139. The molecule has 242 valence electrons. The fourth-order valence-electron chi connectivity index (χ4n) is 5.67. The van der Waals surface area contributed by atoms with Crippen LogP contribution in [-0.4, -0.2) is 58.0 Å². The van der Waals surface area contributed by atoms with Crippen molar-refractivity contribution in [3.63, 3.8) is 0 Å². The highest BCUT2D eigenvalue weighted by molar-refractivity contribution is 9.10. The number of aryl methyl sites for hydroxylation is 2. The summed E-state index contributed by atoms with van der Waals surface area (Å²) >= 11 is 3.45. The molecule has 0 saturated heterocycles. The van der Waals surface area contributed by atoms with Gasteiger partial charge in [0, 0.05) is 23.1 Å². The first kappa shape index (κ1) is 34.3. The monoisotopic (exact) mass is 699 g/mol. The van der Waals surface area contributed by atoms with Crippen LogP contribution in [0.5, 0.6) is 11.5 Å². The van der Waals surface area contributed by atoms with Crippen molar-refractivity contribution >= 4 is 43.5 Å². The number of ether oxygens (including phenoxy) is 2. The van der Waals surface area contributed by atoms with Gasteiger partial charge in [-0.15, -0.1) is 0 Å². The van der Waals surface area contributed by atoms with Crippen LogP contribution in [0.1, 0.15) is 55.7 Å². The first-order chi connectivity index (χ1) is 21.4.